The van der Waals surface area contributed by atoms with Crippen molar-refractivity contribution in [2.75, 3.05) is 0 Å². The molecule has 1 saturated heterocycles. The van der Waals surface area contributed by atoms with Crippen molar-refractivity contribution in [3.63, 3.8) is 0 Å². The van der Waals surface area contributed by atoms with Crippen molar-refractivity contribution in [2.45, 2.75) is 19.8 Å². The van der Waals surface area contributed by atoms with E-state index < -0.39 is 11.8 Å². The van der Waals surface area contributed by atoms with Gasteiger partial charge in [-0.2, -0.15) is 0 Å². The van der Waals surface area contributed by atoms with E-state index in [-0.39, 0.29) is 18.1 Å². The molecule has 0 aromatic carbocycles. The summed E-state index contributed by atoms with van der Waals surface area (Å²) in [6, 6.07) is 0. The number of hydrogen-bond donors (Lipinski definition) is 1. The zero-order valence-electron chi connectivity index (χ0n) is 7.37. The molecule has 13 heavy (non-hydrogen) atoms. The van der Waals surface area contributed by atoms with Crippen LogP contribution in [0.1, 0.15) is 19.8 Å². The number of imide groups is 1. The number of nitrogens with one attached hydrogen (secondary N) is 1. The predicted octanol–water partition coefficient (Wildman–Crippen LogP) is 0.184. The molecule has 1 rings (SSSR count). The first-order chi connectivity index (χ1) is 6.15. The zero-order chi connectivity index (χ0) is 9.84. The van der Waals surface area contributed by atoms with Crippen molar-refractivity contribution in [1.82, 2.24) is 5.32 Å². The fourth-order valence-corrected chi connectivity index (χ4v) is 1.13. The SMILES string of the molecule is CCC=CC(=O)C1CC(=O)NC1=O. The number of hydrogen-bond acceptors (Lipinski definition) is 3. The summed E-state index contributed by atoms with van der Waals surface area (Å²) in [7, 11) is 0. The quantitative estimate of drug-likeness (QED) is 0.384. The molecule has 0 bridgehead atoms. The second-order valence-electron chi connectivity index (χ2n) is 2.88. The lowest BCUT2D eigenvalue weighted by Gasteiger charge is -1.98. The van der Waals surface area contributed by atoms with Crippen LogP contribution in [0.25, 0.3) is 0 Å². The molecule has 1 heterocycles. The molecule has 0 radical (unpaired) electrons. The van der Waals surface area contributed by atoms with Gasteiger partial charge in [0.15, 0.2) is 5.78 Å². The second-order valence-corrected chi connectivity index (χ2v) is 2.88. The Kier molecular flexibility index (Phi) is 2.95. The van der Waals surface area contributed by atoms with Crippen LogP contribution >= 0.6 is 0 Å². The lowest BCUT2D eigenvalue weighted by molar-refractivity contribution is -0.129. The van der Waals surface area contributed by atoms with Gasteiger partial charge in [-0.15, -0.1) is 0 Å². The molecule has 1 atom stereocenters. The molecule has 0 spiro atoms. The standard InChI is InChI=1S/C9H11NO3/c1-2-3-4-7(11)6-5-8(12)10-9(6)13/h3-4,6H,2,5H2,1H3,(H,10,12,13). The number of carbonyl (C=O) groups is 3. The van der Waals surface area contributed by atoms with Gasteiger partial charge in [0.1, 0.15) is 5.92 Å². The van der Waals surface area contributed by atoms with Crippen LogP contribution in [0, 0.1) is 5.92 Å². The van der Waals surface area contributed by atoms with Crippen LogP contribution in [-0.4, -0.2) is 17.6 Å². The largest absolute Gasteiger partial charge is 0.296 e. The molecule has 1 unspecified atom stereocenters. The van der Waals surface area contributed by atoms with Crippen molar-refractivity contribution in [3.8, 4) is 0 Å². The Labute approximate surface area is 76.0 Å². The van der Waals surface area contributed by atoms with Gasteiger partial charge in [-0.05, 0) is 12.5 Å². The van der Waals surface area contributed by atoms with Gasteiger partial charge >= 0.3 is 0 Å². The van der Waals surface area contributed by atoms with Crippen LogP contribution in [0.4, 0.5) is 0 Å². The number of carbonyl (C=O) groups excluding carboxylic acids is 3. The summed E-state index contributed by atoms with van der Waals surface area (Å²) in [6.45, 7) is 1.89. The summed E-state index contributed by atoms with van der Waals surface area (Å²) in [5.74, 6) is -1.93. The molecule has 1 aliphatic rings. The molecule has 4 heteroatoms. The van der Waals surface area contributed by atoms with Crippen molar-refractivity contribution >= 4 is 17.6 Å². The number of allylic oxidation sites excluding steroid dienone is 2. The minimum Gasteiger partial charge on any atom is -0.296 e. The van der Waals surface area contributed by atoms with Crippen molar-refractivity contribution in [2.24, 2.45) is 5.92 Å². The Balaban J connectivity index is 2.62. The molecule has 0 aliphatic carbocycles. The number of rotatable bonds is 3. The predicted molar refractivity (Wildman–Crippen MR) is 45.7 cm³/mol. The molecule has 2 amide bonds. The third-order valence-electron chi connectivity index (χ3n) is 1.83. The number of ketones is 1. The van der Waals surface area contributed by atoms with Gasteiger partial charge in [-0.3, -0.25) is 19.7 Å². The Bertz CT molecular complexity index is 281. The maximum Gasteiger partial charge on any atom is 0.238 e. The molecule has 0 aromatic rings. The van der Waals surface area contributed by atoms with E-state index in [1.165, 1.54) is 6.08 Å². The second kappa shape index (κ2) is 3.98. The molecule has 1 fully saturated rings. The minimum absolute atomic E-state index is 0.00821. The van der Waals surface area contributed by atoms with Crippen LogP contribution in [0.2, 0.25) is 0 Å². The van der Waals surface area contributed by atoms with Crippen molar-refractivity contribution in [1.29, 1.82) is 0 Å². The van der Waals surface area contributed by atoms with E-state index in [2.05, 4.69) is 5.32 Å². The molecule has 70 valence electrons. The highest BCUT2D eigenvalue weighted by atomic mass is 16.2. The minimum atomic E-state index is -0.796. The highest BCUT2D eigenvalue weighted by Gasteiger charge is 2.34. The molecule has 4 nitrogen and oxygen atoms in total. The Hall–Kier alpha value is -1.45. The van der Waals surface area contributed by atoms with E-state index in [4.69, 9.17) is 0 Å². The summed E-state index contributed by atoms with van der Waals surface area (Å²) in [6.07, 6.45) is 3.78. The topological polar surface area (TPSA) is 63.2 Å². The fourth-order valence-electron chi connectivity index (χ4n) is 1.13. The molecule has 1 aliphatic heterocycles. The highest BCUT2D eigenvalue weighted by Crippen LogP contribution is 2.12. The van der Waals surface area contributed by atoms with Gasteiger partial charge in [-0.1, -0.05) is 13.0 Å². The van der Waals surface area contributed by atoms with Crippen molar-refractivity contribution < 1.29 is 14.4 Å². The number of amides is 2. The summed E-state index contributed by atoms with van der Waals surface area (Å²) < 4.78 is 0. The van der Waals surface area contributed by atoms with Crippen LogP contribution in [0.3, 0.4) is 0 Å². The lowest BCUT2D eigenvalue weighted by atomic mass is 10.0. The van der Waals surface area contributed by atoms with Gasteiger partial charge in [0.2, 0.25) is 11.8 Å². The normalized spacial score (nSPS) is 22.4. The zero-order valence-corrected chi connectivity index (χ0v) is 7.37. The van der Waals surface area contributed by atoms with Crippen LogP contribution in [-0.2, 0) is 14.4 Å². The van der Waals surface area contributed by atoms with E-state index in [0.717, 1.165) is 6.42 Å². The van der Waals surface area contributed by atoms with Gasteiger partial charge in [-0.25, -0.2) is 0 Å². The van der Waals surface area contributed by atoms with E-state index in [9.17, 15) is 14.4 Å². The lowest BCUT2D eigenvalue weighted by Crippen LogP contribution is -2.25. The summed E-state index contributed by atoms with van der Waals surface area (Å²) in [4.78, 5) is 33.0. The van der Waals surface area contributed by atoms with Gasteiger partial charge in [0.05, 0.1) is 0 Å². The Morgan fingerprint density at radius 3 is 2.77 bits per heavy atom. The van der Waals surface area contributed by atoms with Gasteiger partial charge in [0, 0.05) is 6.42 Å². The first kappa shape index (κ1) is 9.64. The smallest absolute Gasteiger partial charge is 0.238 e. The first-order valence-electron chi connectivity index (χ1n) is 4.19. The average Bonchev–Trinajstić information content (AvgIpc) is 2.41. The van der Waals surface area contributed by atoms with E-state index in [1.54, 1.807) is 6.08 Å². The fraction of sp³-hybridized carbons (Fsp3) is 0.444. The molecule has 0 aromatic heterocycles. The van der Waals surface area contributed by atoms with Gasteiger partial charge < -0.3 is 0 Å². The van der Waals surface area contributed by atoms with Crippen LogP contribution < -0.4 is 5.32 Å². The summed E-state index contributed by atoms with van der Waals surface area (Å²) in [5.41, 5.74) is 0. The van der Waals surface area contributed by atoms with Crippen LogP contribution in [0.5, 0.6) is 0 Å². The molecular formula is C9H11NO3. The third-order valence-corrected chi connectivity index (χ3v) is 1.83. The maximum atomic E-state index is 11.3. The third kappa shape index (κ3) is 2.24. The van der Waals surface area contributed by atoms with Gasteiger partial charge in [0.25, 0.3) is 0 Å². The van der Waals surface area contributed by atoms with E-state index in [1.807, 2.05) is 6.92 Å². The molecular weight excluding hydrogens is 170 g/mol. The van der Waals surface area contributed by atoms with Crippen LogP contribution in [0.15, 0.2) is 12.2 Å². The Morgan fingerprint density at radius 2 is 2.31 bits per heavy atom. The molecule has 1 N–H and O–H groups in total. The highest BCUT2D eigenvalue weighted by molar-refractivity contribution is 6.16. The first-order valence-corrected chi connectivity index (χ1v) is 4.19. The summed E-state index contributed by atoms with van der Waals surface area (Å²) >= 11 is 0. The van der Waals surface area contributed by atoms with E-state index >= 15 is 0 Å². The maximum absolute atomic E-state index is 11.3. The van der Waals surface area contributed by atoms with E-state index in [0.29, 0.717) is 0 Å². The van der Waals surface area contributed by atoms with Crippen molar-refractivity contribution in [3.05, 3.63) is 12.2 Å². The summed E-state index contributed by atoms with van der Waals surface area (Å²) in [5, 5.41) is 2.09. The Morgan fingerprint density at radius 1 is 1.62 bits per heavy atom. The monoisotopic (exact) mass is 181 g/mol. The molecule has 0 saturated carbocycles. The average molecular weight is 181 g/mol.